The van der Waals surface area contributed by atoms with Crippen molar-refractivity contribution < 1.29 is 4.79 Å². The zero-order valence-corrected chi connectivity index (χ0v) is 7.98. The van der Waals surface area contributed by atoms with E-state index in [9.17, 15) is 4.79 Å². The third kappa shape index (κ3) is 1.67. The Morgan fingerprint density at radius 1 is 1.21 bits per heavy atom. The van der Waals surface area contributed by atoms with Crippen molar-refractivity contribution in [1.29, 1.82) is 0 Å². The van der Waals surface area contributed by atoms with Crippen molar-refractivity contribution in [2.75, 3.05) is 0 Å². The fraction of sp³-hybridized carbons (Fsp3) is 0. The molecule has 3 nitrogen and oxygen atoms in total. The van der Waals surface area contributed by atoms with Crippen LogP contribution in [0.2, 0.25) is 0 Å². The number of rotatable bonds is 2. The van der Waals surface area contributed by atoms with Crippen LogP contribution >= 0.6 is 11.6 Å². The molecule has 1 heterocycles. The smallest absolute Gasteiger partial charge is 0.272 e. The average molecular weight is 207 g/mol. The van der Waals surface area contributed by atoms with Crippen LogP contribution in [-0.4, -0.2) is 15.0 Å². The minimum atomic E-state index is -0.542. The normalized spacial score (nSPS) is 10.1. The van der Waals surface area contributed by atoms with Gasteiger partial charge in [-0.15, -0.1) is 0 Å². The highest BCUT2D eigenvalue weighted by Gasteiger charge is 2.05. The largest absolute Gasteiger partial charge is 0.274 e. The van der Waals surface area contributed by atoms with E-state index in [-0.39, 0.29) is 5.69 Å². The lowest BCUT2D eigenvalue weighted by Gasteiger charge is -1.98. The van der Waals surface area contributed by atoms with Gasteiger partial charge in [0.05, 0.1) is 5.69 Å². The van der Waals surface area contributed by atoms with Gasteiger partial charge in [-0.05, 0) is 29.8 Å². The second kappa shape index (κ2) is 3.64. The third-order valence-electron chi connectivity index (χ3n) is 1.81. The fourth-order valence-electron chi connectivity index (χ4n) is 1.15. The molecule has 0 saturated carbocycles. The van der Waals surface area contributed by atoms with Crippen LogP contribution in [-0.2, 0) is 0 Å². The molecule has 2 rings (SSSR count). The van der Waals surface area contributed by atoms with E-state index in [1.165, 1.54) is 0 Å². The van der Waals surface area contributed by atoms with Crippen molar-refractivity contribution in [3.8, 4) is 5.69 Å². The standard InChI is InChI=1S/C10H7ClN2O/c11-10(14)9-6-7-13(12-9)8-4-2-1-3-5-8/h1-7H. The first-order chi connectivity index (χ1) is 6.77. The summed E-state index contributed by atoms with van der Waals surface area (Å²) in [6.07, 6.45) is 1.70. The van der Waals surface area contributed by atoms with Gasteiger partial charge in [0.25, 0.3) is 5.24 Å². The summed E-state index contributed by atoms with van der Waals surface area (Å²) in [5, 5.41) is 3.47. The number of nitrogens with zero attached hydrogens (tertiary/aromatic N) is 2. The molecular weight excluding hydrogens is 200 g/mol. The average Bonchev–Trinajstić information content (AvgIpc) is 2.68. The van der Waals surface area contributed by atoms with Crippen molar-refractivity contribution >= 4 is 16.8 Å². The van der Waals surface area contributed by atoms with Gasteiger partial charge in [0, 0.05) is 6.20 Å². The summed E-state index contributed by atoms with van der Waals surface area (Å²) < 4.78 is 1.61. The highest BCUT2D eigenvalue weighted by atomic mass is 35.5. The highest BCUT2D eigenvalue weighted by Crippen LogP contribution is 2.07. The van der Waals surface area contributed by atoms with E-state index < -0.39 is 5.24 Å². The fourth-order valence-corrected chi connectivity index (χ4v) is 1.25. The Morgan fingerprint density at radius 3 is 2.50 bits per heavy atom. The summed E-state index contributed by atoms with van der Waals surface area (Å²) in [7, 11) is 0. The van der Waals surface area contributed by atoms with Crippen molar-refractivity contribution in [2.24, 2.45) is 0 Å². The van der Waals surface area contributed by atoms with Gasteiger partial charge >= 0.3 is 0 Å². The van der Waals surface area contributed by atoms with Crippen molar-refractivity contribution in [3.63, 3.8) is 0 Å². The molecule has 0 saturated heterocycles. The first kappa shape index (κ1) is 8.97. The van der Waals surface area contributed by atoms with Gasteiger partial charge in [-0.1, -0.05) is 18.2 Å². The van der Waals surface area contributed by atoms with E-state index in [2.05, 4.69) is 5.10 Å². The molecule has 0 N–H and O–H groups in total. The van der Waals surface area contributed by atoms with Crippen LogP contribution in [0.4, 0.5) is 0 Å². The van der Waals surface area contributed by atoms with Crippen LogP contribution in [0.3, 0.4) is 0 Å². The number of aromatic nitrogens is 2. The van der Waals surface area contributed by atoms with Gasteiger partial charge in [0.2, 0.25) is 0 Å². The Balaban J connectivity index is 2.39. The lowest BCUT2D eigenvalue weighted by Crippen LogP contribution is -1.97. The lowest BCUT2D eigenvalue weighted by molar-refractivity contribution is 0.107. The van der Waals surface area contributed by atoms with Gasteiger partial charge in [-0.25, -0.2) is 4.68 Å². The number of carbonyl (C=O) groups is 1. The minimum absolute atomic E-state index is 0.260. The summed E-state index contributed by atoms with van der Waals surface area (Å²) in [6.45, 7) is 0. The first-order valence-corrected chi connectivity index (χ1v) is 4.46. The van der Waals surface area contributed by atoms with E-state index in [4.69, 9.17) is 11.6 Å². The van der Waals surface area contributed by atoms with E-state index in [1.807, 2.05) is 30.3 Å². The summed E-state index contributed by atoms with van der Waals surface area (Å²) >= 11 is 5.29. The Labute approximate surface area is 85.9 Å². The molecule has 0 aliphatic heterocycles. The molecule has 1 aromatic heterocycles. The maximum atomic E-state index is 10.8. The molecule has 0 bridgehead atoms. The summed E-state index contributed by atoms with van der Waals surface area (Å²) in [5.41, 5.74) is 1.16. The topological polar surface area (TPSA) is 34.9 Å². The molecule has 14 heavy (non-hydrogen) atoms. The van der Waals surface area contributed by atoms with Crippen LogP contribution in [0.15, 0.2) is 42.6 Å². The number of hydrogen-bond acceptors (Lipinski definition) is 2. The number of hydrogen-bond donors (Lipinski definition) is 0. The molecule has 4 heteroatoms. The highest BCUT2D eigenvalue weighted by molar-refractivity contribution is 6.67. The maximum absolute atomic E-state index is 10.8. The van der Waals surface area contributed by atoms with E-state index in [0.29, 0.717) is 0 Å². The first-order valence-electron chi connectivity index (χ1n) is 4.08. The Bertz CT molecular complexity index is 450. The maximum Gasteiger partial charge on any atom is 0.272 e. The van der Waals surface area contributed by atoms with E-state index in [0.717, 1.165) is 5.69 Å². The van der Waals surface area contributed by atoms with Crippen LogP contribution in [0.5, 0.6) is 0 Å². The molecule has 0 fully saturated rings. The summed E-state index contributed by atoms with van der Waals surface area (Å²) in [5.74, 6) is 0. The number of benzene rings is 1. The minimum Gasteiger partial charge on any atom is -0.274 e. The molecule has 70 valence electrons. The van der Waals surface area contributed by atoms with Crippen LogP contribution in [0, 0.1) is 0 Å². The molecular formula is C10H7ClN2O. The molecule has 0 aliphatic rings. The third-order valence-corrected chi connectivity index (χ3v) is 2.00. The zero-order valence-electron chi connectivity index (χ0n) is 7.22. The Morgan fingerprint density at radius 2 is 1.93 bits per heavy atom. The molecule has 0 radical (unpaired) electrons. The quantitative estimate of drug-likeness (QED) is 0.707. The predicted molar refractivity (Wildman–Crippen MR) is 53.7 cm³/mol. The lowest BCUT2D eigenvalue weighted by atomic mass is 10.3. The van der Waals surface area contributed by atoms with Crippen molar-refractivity contribution in [1.82, 2.24) is 9.78 Å². The second-order valence-electron chi connectivity index (χ2n) is 2.75. The van der Waals surface area contributed by atoms with Gasteiger partial charge in [-0.3, -0.25) is 4.79 Å². The van der Waals surface area contributed by atoms with Crippen LogP contribution in [0.25, 0.3) is 5.69 Å². The monoisotopic (exact) mass is 206 g/mol. The summed E-state index contributed by atoms with van der Waals surface area (Å²) in [6, 6.07) is 11.1. The van der Waals surface area contributed by atoms with Gasteiger partial charge < -0.3 is 0 Å². The predicted octanol–water partition coefficient (Wildman–Crippen LogP) is 2.25. The number of carbonyl (C=O) groups excluding carboxylic acids is 1. The van der Waals surface area contributed by atoms with Crippen LogP contribution in [0.1, 0.15) is 10.5 Å². The molecule has 1 aromatic carbocycles. The molecule has 0 unspecified atom stereocenters. The zero-order chi connectivity index (χ0) is 9.97. The summed E-state index contributed by atoms with van der Waals surface area (Å²) in [4.78, 5) is 10.8. The van der Waals surface area contributed by atoms with Gasteiger partial charge in [-0.2, -0.15) is 5.10 Å². The molecule has 0 aliphatic carbocycles. The van der Waals surface area contributed by atoms with Crippen molar-refractivity contribution in [2.45, 2.75) is 0 Å². The second-order valence-corrected chi connectivity index (χ2v) is 3.10. The molecule has 0 spiro atoms. The van der Waals surface area contributed by atoms with E-state index in [1.54, 1.807) is 16.9 Å². The number of para-hydroxylation sites is 1. The van der Waals surface area contributed by atoms with E-state index >= 15 is 0 Å². The Kier molecular flexibility index (Phi) is 2.33. The van der Waals surface area contributed by atoms with Crippen molar-refractivity contribution in [3.05, 3.63) is 48.3 Å². The van der Waals surface area contributed by atoms with Gasteiger partial charge in [0.1, 0.15) is 5.69 Å². The Hall–Kier alpha value is -1.61. The van der Waals surface area contributed by atoms with Gasteiger partial charge in [0.15, 0.2) is 0 Å². The van der Waals surface area contributed by atoms with Crippen LogP contribution < -0.4 is 0 Å². The number of halogens is 1. The molecule has 0 amide bonds. The molecule has 2 aromatic rings. The molecule has 0 atom stereocenters. The SMILES string of the molecule is O=C(Cl)c1ccn(-c2ccccc2)n1.